The Morgan fingerprint density at radius 1 is 0.955 bits per heavy atom. The van der Waals surface area contributed by atoms with Crippen molar-refractivity contribution in [1.29, 1.82) is 0 Å². The number of aliphatic hydroxyl groups excluding tert-OH is 1. The largest absolute Gasteiger partial charge is 0.390 e. The predicted molar refractivity (Wildman–Crippen MR) is 171 cm³/mol. The number of aliphatic hydroxyl groups is 1. The number of aliphatic imine (C=N–C) groups is 1. The number of carbonyl (C=O) groups excluding carboxylic acids is 4. The number of nitrogens with zero attached hydrogens (tertiary/aromatic N) is 1. The summed E-state index contributed by atoms with van der Waals surface area (Å²) in [6.45, 7) is 6.19. The summed E-state index contributed by atoms with van der Waals surface area (Å²) in [6, 6.07) is 7.27. The van der Waals surface area contributed by atoms with Gasteiger partial charge < -0.3 is 37.8 Å². The van der Waals surface area contributed by atoms with Crippen LogP contribution in [-0.4, -0.2) is 72.0 Å². The third-order valence-corrected chi connectivity index (χ3v) is 7.80. The summed E-state index contributed by atoms with van der Waals surface area (Å²) in [7, 11) is 0. The molecule has 12 heteroatoms. The second-order valence-electron chi connectivity index (χ2n) is 12.2. The first-order valence-electron chi connectivity index (χ1n) is 15.9. The molecule has 0 radical (unpaired) electrons. The number of nitrogens with two attached hydrogens (primary N) is 2. The van der Waals surface area contributed by atoms with Gasteiger partial charge in [0.25, 0.3) is 0 Å². The van der Waals surface area contributed by atoms with Gasteiger partial charge >= 0.3 is 0 Å². The summed E-state index contributed by atoms with van der Waals surface area (Å²) in [5.41, 5.74) is 11.9. The third-order valence-electron chi connectivity index (χ3n) is 7.80. The molecule has 1 fully saturated rings. The number of benzene rings is 1. The summed E-state index contributed by atoms with van der Waals surface area (Å²) in [5, 5.41) is 22.1. The predicted octanol–water partition coefficient (Wildman–Crippen LogP) is 1.25. The van der Waals surface area contributed by atoms with Crippen molar-refractivity contribution in [2.45, 2.75) is 109 Å². The SMILES string of the molecule is CC(C)C[C@H](NC(=O)[C@H](C)NC(=O)[C@H](CCCN=C(N)N)NC(=O)C1CCCCC1)[C@@H](O)CC(=O)NCCc1ccccc1. The maximum atomic E-state index is 13.3. The number of nitrogens with one attached hydrogen (secondary N) is 4. The van der Waals surface area contributed by atoms with Gasteiger partial charge in [-0.2, -0.15) is 0 Å². The molecule has 1 saturated carbocycles. The molecule has 1 aliphatic rings. The molecule has 0 spiro atoms. The van der Waals surface area contributed by atoms with E-state index in [0.717, 1.165) is 37.7 Å². The van der Waals surface area contributed by atoms with Crippen molar-refractivity contribution < 1.29 is 24.3 Å². The first-order valence-corrected chi connectivity index (χ1v) is 15.9. The smallest absolute Gasteiger partial charge is 0.243 e. The van der Waals surface area contributed by atoms with Crippen molar-refractivity contribution in [2.75, 3.05) is 13.1 Å². The van der Waals surface area contributed by atoms with Crippen molar-refractivity contribution in [3.63, 3.8) is 0 Å². The summed E-state index contributed by atoms with van der Waals surface area (Å²) < 4.78 is 0. The highest BCUT2D eigenvalue weighted by Gasteiger charge is 2.30. The topological polar surface area (TPSA) is 201 Å². The Kier molecular flexibility index (Phi) is 16.2. The van der Waals surface area contributed by atoms with E-state index in [1.807, 2.05) is 44.2 Å². The molecule has 2 rings (SSSR count). The van der Waals surface area contributed by atoms with Gasteiger partial charge in [-0.15, -0.1) is 0 Å². The highest BCUT2D eigenvalue weighted by Crippen LogP contribution is 2.24. The van der Waals surface area contributed by atoms with E-state index in [1.165, 1.54) is 0 Å². The van der Waals surface area contributed by atoms with Crippen molar-refractivity contribution in [1.82, 2.24) is 21.3 Å². The molecule has 44 heavy (non-hydrogen) atoms. The molecule has 1 aromatic rings. The minimum absolute atomic E-state index is 0.0506. The standard InChI is InChI=1S/C32H53N7O5/c1-21(2)19-26(27(40)20-28(41)35-18-16-23-11-6-4-7-12-23)39-29(42)22(3)37-31(44)25(15-10-17-36-32(33)34)38-30(43)24-13-8-5-9-14-24/h4,6-7,11-12,21-22,24-27,40H,5,8-10,13-20H2,1-3H3,(H,35,41)(H,37,44)(H,38,43)(H,39,42)(H4,33,34,36)/t22-,25-,26-,27-/m0/s1. The number of amides is 4. The highest BCUT2D eigenvalue weighted by molar-refractivity contribution is 5.92. The van der Waals surface area contributed by atoms with Crippen LogP contribution in [0.15, 0.2) is 35.3 Å². The Bertz CT molecular complexity index is 1070. The molecular weight excluding hydrogens is 562 g/mol. The first kappa shape index (κ1) is 36.5. The molecule has 0 saturated heterocycles. The molecule has 0 heterocycles. The molecule has 9 N–H and O–H groups in total. The average Bonchev–Trinajstić information content (AvgIpc) is 2.98. The van der Waals surface area contributed by atoms with Crippen LogP contribution in [-0.2, 0) is 25.6 Å². The summed E-state index contributed by atoms with van der Waals surface area (Å²) in [4.78, 5) is 55.8. The van der Waals surface area contributed by atoms with Crippen molar-refractivity contribution in [3.8, 4) is 0 Å². The zero-order valence-electron chi connectivity index (χ0n) is 26.5. The zero-order valence-corrected chi connectivity index (χ0v) is 26.5. The van der Waals surface area contributed by atoms with Crippen LogP contribution >= 0.6 is 0 Å². The van der Waals surface area contributed by atoms with Gasteiger partial charge in [0.1, 0.15) is 12.1 Å². The number of guanidine groups is 1. The van der Waals surface area contributed by atoms with Gasteiger partial charge in [-0.3, -0.25) is 24.2 Å². The molecule has 1 aromatic carbocycles. The van der Waals surface area contributed by atoms with Gasteiger partial charge in [-0.1, -0.05) is 63.4 Å². The van der Waals surface area contributed by atoms with Gasteiger partial charge in [-0.05, 0) is 56.9 Å². The molecule has 4 amide bonds. The van der Waals surface area contributed by atoms with E-state index >= 15 is 0 Å². The maximum Gasteiger partial charge on any atom is 0.243 e. The minimum Gasteiger partial charge on any atom is -0.390 e. The fourth-order valence-electron chi connectivity index (χ4n) is 5.33. The van der Waals surface area contributed by atoms with E-state index in [2.05, 4.69) is 26.3 Å². The van der Waals surface area contributed by atoms with E-state index in [1.54, 1.807) is 6.92 Å². The van der Waals surface area contributed by atoms with Crippen molar-refractivity contribution in [3.05, 3.63) is 35.9 Å². The summed E-state index contributed by atoms with van der Waals surface area (Å²) in [5.74, 6) is -1.51. The molecule has 4 atom stereocenters. The lowest BCUT2D eigenvalue weighted by molar-refractivity contribution is -0.134. The number of rotatable bonds is 18. The number of hydrogen-bond donors (Lipinski definition) is 7. The molecule has 0 aromatic heterocycles. The van der Waals surface area contributed by atoms with Crippen LogP contribution in [0.25, 0.3) is 0 Å². The van der Waals surface area contributed by atoms with E-state index in [0.29, 0.717) is 38.8 Å². The highest BCUT2D eigenvalue weighted by atomic mass is 16.3. The first-order chi connectivity index (χ1) is 21.0. The van der Waals surface area contributed by atoms with E-state index in [-0.39, 0.29) is 36.0 Å². The van der Waals surface area contributed by atoms with Crippen LogP contribution in [0, 0.1) is 11.8 Å². The van der Waals surface area contributed by atoms with E-state index < -0.39 is 36.0 Å². The molecule has 1 aliphatic carbocycles. The van der Waals surface area contributed by atoms with Crippen LogP contribution in [0.2, 0.25) is 0 Å². The number of carbonyl (C=O) groups is 4. The zero-order chi connectivity index (χ0) is 32.5. The van der Waals surface area contributed by atoms with Crippen molar-refractivity contribution >= 4 is 29.6 Å². The molecule has 12 nitrogen and oxygen atoms in total. The minimum atomic E-state index is -1.11. The van der Waals surface area contributed by atoms with Gasteiger partial charge in [0.2, 0.25) is 23.6 Å². The monoisotopic (exact) mass is 615 g/mol. The van der Waals surface area contributed by atoms with Crippen LogP contribution in [0.5, 0.6) is 0 Å². The normalized spacial score (nSPS) is 16.2. The number of hydrogen-bond acceptors (Lipinski definition) is 6. The third kappa shape index (κ3) is 14.2. The summed E-state index contributed by atoms with van der Waals surface area (Å²) in [6.07, 6.45) is 5.22. The van der Waals surface area contributed by atoms with Gasteiger partial charge in [0.15, 0.2) is 5.96 Å². The van der Waals surface area contributed by atoms with Crippen LogP contribution in [0.1, 0.15) is 84.1 Å². The molecular formula is C32H53N7O5. The second kappa shape index (κ2) is 19.6. The maximum absolute atomic E-state index is 13.3. The fourth-order valence-corrected chi connectivity index (χ4v) is 5.33. The Morgan fingerprint density at radius 3 is 2.27 bits per heavy atom. The van der Waals surface area contributed by atoms with Gasteiger partial charge in [-0.25, -0.2) is 0 Å². The van der Waals surface area contributed by atoms with Crippen LogP contribution in [0.3, 0.4) is 0 Å². The second-order valence-corrected chi connectivity index (χ2v) is 12.2. The van der Waals surface area contributed by atoms with Crippen molar-refractivity contribution in [2.24, 2.45) is 28.3 Å². The van der Waals surface area contributed by atoms with E-state index in [9.17, 15) is 24.3 Å². The molecule has 0 aliphatic heterocycles. The Labute approximate surface area is 261 Å². The van der Waals surface area contributed by atoms with Crippen LogP contribution in [0.4, 0.5) is 0 Å². The molecule has 246 valence electrons. The molecule has 0 unspecified atom stereocenters. The average molecular weight is 616 g/mol. The van der Waals surface area contributed by atoms with Crippen LogP contribution < -0.4 is 32.7 Å². The van der Waals surface area contributed by atoms with Gasteiger partial charge in [0, 0.05) is 19.0 Å². The van der Waals surface area contributed by atoms with E-state index in [4.69, 9.17) is 11.5 Å². The lowest BCUT2D eigenvalue weighted by atomic mass is 9.88. The quantitative estimate of drug-likeness (QED) is 0.0731. The lowest BCUT2D eigenvalue weighted by Crippen LogP contribution is -2.56. The Balaban J connectivity index is 1.95. The fraction of sp³-hybridized carbons (Fsp3) is 0.656. The lowest BCUT2D eigenvalue weighted by Gasteiger charge is -2.28. The Morgan fingerprint density at radius 2 is 1.64 bits per heavy atom. The molecule has 0 bridgehead atoms. The Hall–Kier alpha value is -3.67. The van der Waals surface area contributed by atoms with Gasteiger partial charge in [0.05, 0.1) is 18.6 Å². The summed E-state index contributed by atoms with van der Waals surface area (Å²) >= 11 is 0.